The first-order valence-electron chi connectivity index (χ1n) is 4.64. The molecule has 0 atom stereocenters. The first-order valence-corrected chi connectivity index (χ1v) is 4.64. The first-order chi connectivity index (χ1) is 7.15. The fraction of sp³-hybridized carbons (Fsp3) is 0.0833. The normalized spacial score (nSPS) is 10.3. The van der Waals surface area contributed by atoms with Crippen LogP contribution in [-0.4, -0.2) is 4.98 Å². The molecule has 0 bridgehead atoms. The van der Waals surface area contributed by atoms with Crippen molar-refractivity contribution in [3.63, 3.8) is 0 Å². The molecule has 0 radical (unpaired) electrons. The number of aryl methyl sites for hydroxylation is 1. The van der Waals surface area contributed by atoms with E-state index in [0.29, 0.717) is 5.82 Å². The summed E-state index contributed by atoms with van der Waals surface area (Å²) in [7, 11) is 0. The Morgan fingerprint density at radius 1 is 1.13 bits per heavy atom. The lowest BCUT2D eigenvalue weighted by molar-refractivity contribution is 0.627. The smallest absolute Gasteiger partial charge is 0.124 e. The summed E-state index contributed by atoms with van der Waals surface area (Å²) in [6.07, 6.45) is 1.62. The Morgan fingerprint density at radius 2 is 1.93 bits per heavy atom. The van der Waals surface area contributed by atoms with Crippen LogP contribution in [0.2, 0.25) is 0 Å². The van der Waals surface area contributed by atoms with Gasteiger partial charge in [-0.25, -0.2) is 9.37 Å². The molecule has 15 heavy (non-hydrogen) atoms. The number of hydrogen-bond acceptors (Lipinski definition) is 2. The van der Waals surface area contributed by atoms with Crippen molar-refractivity contribution in [2.24, 2.45) is 0 Å². The molecule has 2 rings (SSSR count). The number of nitrogens with zero attached hydrogens (tertiary/aromatic N) is 1. The Morgan fingerprint density at radius 3 is 2.60 bits per heavy atom. The predicted molar refractivity (Wildman–Crippen MR) is 58.8 cm³/mol. The van der Waals surface area contributed by atoms with Crippen molar-refractivity contribution in [3.8, 4) is 11.1 Å². The zero-order valence-corrected chi connectivity index (χ0v) is 8.37. The highest BCUT2D eigenvalue weighted by molar-refractivity contribution is 5.66. The molecular formula is C12H11FN2. The quantitative estimate of drug-likeness (QED) is 0.772. The van der Waals surface area contributed by atoms with E-state index in [2.05, 4.69) is 4.98 Å². The van der Waals surface area contributed by atoms with Gasteiger partial charge in [-0.05, 0) is 47.9 Å². The van der Waals surface area contributed by atoms with E-state index in [9.17, 15) is 4.39 Å². The van der Waals surface area contributed by atoms with Gasteiger partial charge in [-0.1, -0.05) is 6.07 Å². The maximum atomic E-state index is 13.2. The summed E-state index contributed by atoms with van der Waals surface area (Å²) in [4.78, 5) is 3.89. The molecule has 3 heteroatoms. The van der Waals surface area contributed by atoms with E-state index in [0.717, 1.165) is 16.7 Å². The lowest BCUT2D eigenvalue weighted by Gasteiger charge is -2.04. The van der Waals surface area contributed by atoms with E-state index in [-0.39, 0.29) is 5.82 Å². The maximum absolute atomic E-state index is 13.2. The molecule has 0 amide bonds. The van der Waals surface area contributed by atoms with Gasteiger partial charge in [-0.15, -0.1) is 0 Å². The molecular weight excluding hydrogens is 191 g/mol. The third-order valence-electron chi connectivity index (χ3n) is 2.16. The number of pyridine rings is 1. The van der Waals surface area contributed by atoms with Crippen LogP contribution in [0.1, 0.15) is 5.56 Å². The summed E-state index contributed by atoms with van der Waals surface area (Å²) in [5.74, 6) is 0.204. The first kappa shape index (κ1) is 9.65. The van der Waals surface area contributed by atoms with Gasteiger partial charge in [0, 0.05) is 6.20 Å². The summed E-state index contributed by atoms with van der Waals surface area (Å²) in [6.45, 7) is 1.86. The average molecular weight is 202 g/mol. The molecule has 2 nitrogen and oxygen atoms in total. The highest BCUT2D eigenvalue weighted by atomic mass is 19.1. The summed E-state index contributed by atoms with van der Waals surface area (Å²) in [6, 6.07) is 8.44. The number of aromatic nitrogens is 1. The summed E-state index contributed by atoms with van der Waals surface area (Å²) in [5.41, 5.74) is 8.16. The molecule has 0 spiro atoms. The number of nitrogens with two attached hydrogens (primary N) is 1. The van der Waals surface area contributed by atoms with Crippen LogP contribution in [0.15, 0.2) is 36.5 Å². The van der Waals surface area contributed by atoms with Crippen molar-refractivity contribution >= 4 is 5.82 Å². The molecule has 0 unspecified atom stereocenters. The van der Waals surface area contributed by atoms with Gasteiger partial charge < -0.3 is 5.73 Å². The molecule has 0 fully saturated rings. The Balaban J connectivity index is 2.54. The molecule has 76 valence electrons. The van der Waals surface area contributed by atoms with Gasteiger partial charge in [0.1, 0.15) is 11.6 Å². The number of hydrogen-bond donors (Lipinski definition) is 1. The van der Waals surface area contributed by atoms with Crippen molar-refractivity contribution in [1.29, 1.82) is 0 Å². The van der Waals surface area contributed by atoms with Crippen molar-refractivity contribution in [1.82, 2.24) is 4.98 Å². The molecule has 2 aromatic rings. The highest BCUT2D eigenvalue weighted by Gasteiger charge is 2.01. The van der Waals surface area contributed by atoms with Gasteiger partial charge in [0.15, 0.2) is 0 Å². The SMILES string of the molecule is Cc1cc(F)cc(-c2ccnc(N)c2)c1. The molecule has 1 aromatic heterocycles. The molecule has 1 aromatic carbocycles. The number of benzene rings is 1. The minimum absolute atomic E-state index is 0.236. The third-order valence-corrected chi connectivity index (χ3v) is 2.16. The molecule has 0 aliphatic carbocycles. The van der Waals surface area contributed by atoms with Gasteiger partial charge in [-0.3, -0.25) is 0 Å². The van der Waals surface area contributed by atoms with Crippen LogP contribution in [0.5, 0.6) is 0 Å². The average Bonchev–Trinajstić information content (AvgIpc) is 2.16. The van der Waals surface area contributed by atoms with Crippen LogP contribution in [-0.2, 0) is 0 Å². The van der Waals surface area contributed by atoms with E-state index in [4.69, 9.17) is 5.73 Å². The van der Waals surface area contributed by atoms with Crippen molar-refractivity contribution in [3.05, 3.63) is 47.9 Å². The minimum Gasteiger partial charge on any atom is -0.384 e. The highest BCUT2D eigenvalue weighted by Crippen LogP contribution is 2.22. The number of rotatable bonds is 1. The van der Waals surface area contributed by atoms with E-state index < -0.39 is 0 Å². The second-order valence-corrected chi connectivity index (χ2v) is 3.49. The fourth-order valence-corrected chi connectivity index (χ4v) is 1.53. The Kier molecular flexibility index (Phi) is 2.37. The monoisotopic (exact) mass is 202 g/mol. The van der Waals surface area contributed by atoms with Crippen LogP contribution in [0.4, 0.5) is 10.2 Å². The van der Waals surface area contributed by atoms with Gasteiger partial charge in [-0.2, -0.15) is 0 Å². The number of anilines is 1. The standard InChI is InChI=1S/C12H11FN2/c1-8-4-10(6-11(13)5-8)9-2-3-15-12(14)7-9/h2-7H,1H3,(H2,14,15). The van der Waals surface area contributed by atoms with Crippen LogP contribution < -0.4 is 5.73 Å². The van der Waals surface area contributed by atoms with E-state index in [1.54, 1.807) is 12.3 Å². The molecule has 1 heterocycles. The van der Waals surface area contributed by atoms with Crippen LogP contribution >= 0.6 is 0 Å². The van der Waals surface area contributed by atoms with E-state index in [1.165, 1.54) is 12.1 Å². The molecule has 0 aliphatic rings. The Labute approximate surface area is 87.6 Å². The van der Waals surface area contributed by atoms with Gasteiger partial charge in [0.25, 0.3) is 0 Å². The molecule has 0 saturated carbocycles. The van der Waals surface area contributed by atoms with E-state index >= 15 is 0 Å². The number of nitrogen functional groups attached to an aromatic ring is 1. The lowest BCUT2D eigenvalue weighted by Crippen LogP contribution is -1.90. The lowest BCUT2D eigenvalue weighted by atomic mass is 10.0. The van der Waals surface area contributed by atoms with Crippen molar-refractivity contribution in [2.45, 2.75) is 6.92 Å². The largest absolute Gasteiger partial charge is 0.384 e. The molecule has 0 aliphatic heterocycles. The Hall–Kier alpha value is -1.90. The van der Waals surface area contributed by atoms with Crippen molar-refractivity contribution in [2.75, 3.05) is 5.73 Å². The zero-order valence-electron chi connectivity index (χ0n) is 8.37. The predicted octanol–water partition coefficient (Wildman–Crippen LogP) is 2.78. The summed E-state index contributed by atoms with van der Waals surface area (Å²) < 4.78 is 13.2. The Bertz CT molecular complexity index is 474. The van der Waals surface area contributed by atoms with Crippen molar-refractivity contribution < 1.29 is 4.39 Å². The minimum atomic E-state index is -0.236. The fourth-order valence-electron chi connectivity index (χ4n) is 1.53. The van der Waals surface area contributed by atoms with Crippen LogP contribution in [0.3, 0.4) is 0 Å². The molecule has 2 N–H and O–H groups in total. The maximum Gasteiger partial charge on any atom is 0.124 e. The van der Waals surface area contributed by atoms with Crippen LogP contribution in [0.25, 0.3) is 11.1 Å². The summed E-state index contributed by atoms with van der Waals surface area (Å²) >= 11 is 0. The van der Waals surface area contributed by atoms with E-state index in [1.807, 2.05) is 19.1 Å². The van der Waals surface area contributed by atoms with Gasteiger partial charge in [0.05, 0.1) is 0 Å². The molecule has 0 saturated heterocycles. The second-order valence-electron chi connectivity index (χ2n) is 3.49. The third kappa shape index (κ3) is 2.13. The van der Waals surface area contributed by atoms with Crippen LogP contribution in [0, 0.1) is 12.7 Å². The summed E-state index contributed by atoms with van der Waals surface area (Å²) in [5, 5.41) is 0. The zero-order chi connectivity index (χ0) is 10.8. The van der Waals surface area contributed by atoms with Gasteiger partial charge in [0.2, 0.25) is 0 Å². The number of halogens is 1. The van der Waals surface area contributed by atoms with Gasteiger partial charge >= 0.3 is 0 Å². The topological polar surface area (TPSA) is 38.9 Å². The second kappa shape index (κ2) is 3.69.